The number of nitrogens with one attached hydrogen (secondary N) is 2. The lowest BCUT2D eigenvalue weighted by molar-refractivity contribution is 0.0935. The van der Waals surface area contributed by atoms with E-state index in [0.717, 1.165) is 18.2 Å². The van der Waals surface area contributed by atoms with Crippen LogP contribution in [-0.2, 0) is 6.54 Å². The first kappa shape index (κ1) is 19.1. The Morgan fingerprint density at radius 1 is 1.28 bits per heavy atom. The van der Waals surface area contributed by atoms with Crippen molar-refractivity contribution in [3.8, 4) is 0 Å². The molecular weight excluding hydrogens is 389 g/mol. The van der Waals surface area contributed by atoms with Crippen molar-refractivity contribution < 1.29 is 14.0 Å². The third kappa shape index (κ3) is 5.35. The molecule has 0 saturated heterocycles. The minimum atomic E-state index is -0.692. The van der Waals surface area contributed by atoms with Gasteiger partial charge in [-0.05, 0) is 53.0 Å². The van der Waals surface area contributed by atoms with Gasteiger partial charge in [0.05, 0.1) is 11.8 Å². The highest BCUT2D eigenvalue weighted by Crippen LogP contribution is 2.13. The number of halogens is 2. The van der Waals surface area contributed by atoms with Crippen molar-refractivity contribution in [3.63, 3.8) is 0 Å². The SMILES string of the molecule is CCC(C)NC(=O)c1cccc(CNC(=O)c2cc(Br)ncc2F)c1. The summed E-state index contributed by atoms with van der Waals surface area (Å²) in [6, 6.07) is 8.36. The fourth-order valence-corrected chi connectivity index (χ4v) is 2.43. The Labute approximate surface area is 154 Å². The van der Waals surface area contributed by atoms with E-state index in [-0.39, 0.29) is 24.1 Å². The number of hydrogen-bond acceptors (Lipinski definition) is 3. The molecule has 0 aliphatic carbocycles. The van der Waals surface area contributed by atoms with Crippen LogP contribution in [0.25, 0.3) is 0 Å². The minimum Gasteiger partial charge on any atom is -0.350 e. The van der Waals surface area contributed by atoms with Crippen molar-refractivity contribution in [2.24, 2.45) is 0 Å². The zero-order valence-corrected chi connectivity index (χ0v) is 15.6. The van der Waals surface area contributed by atoms with Crippen molar-refractivity contribution in [2.45, 2.75) is 32.9 Å². The molecule has 1 aromatic heterocycles. The maximum absolute atomic E-state index is 13.7. The van der Waals surface area contributed by atoms with Crippen molar-refractivity contribution in [1.82, 2.24) is 15.6 Å². The summed E-state index contributed by atoms with van der Waals surface area (Å²) >= 11 is 3.11. The lowest BCUT2D eigenvalue weighted by atomic mass is 10.1. The van der Waals surface area contributed by atoms with E-state index in [9.17, 15) is 14.0 Å². The molecule has 2 N–H and O–H groups in total. The van der Waals surface area contributed by atoms with Gasteiger partial charge in [0.25, 0.3) is 11.8 Å². The molecule has 0 bridgehead atoms. The van der Waals surface area contributed by atoms with Gasteiger partial charge in [-0.25, -0.2) is 9.37 Å². The summed E-state index contributed by atoms with van der Waals surface area (Å²) in [5, 5.41) is 5.53. The van der Waals surface area contributed by atoms with Crippen molar-refractivity contribution in [2.75, 3.05) is 0 Å². The number of hydrogen-bond donors (Lipinski definition) is 2. The molecule has 5 nitrogen and oxygen atoms in total. The Kier molecular flexibility index (Phi) is 6.64. The maximum Gasteiger partial charge on any atom is 0.254 e. The maximum atomic E-state index is 13.7. The Morgan fingerprint density at radius 3 is 2.76 bits per heavy atom. The van der Waals surface area contributed by atoms with Gasteiger partial charge in [-0.15, -0.1) is 0 Å². The summed E-state index contributed by atoms with van der Waals surface area (Å²) < 4.78 is 14.1. The van der Waals surface area contributed by atoms with Crippen molar-refractivity contribution in [3.05, 3.63) is 63.6 Å². The second kappa shape index (κ2) is 8.71. The zero-order chi connectivity index (χ0) is 18.4. The van der Waals surface area contributed by atoms with E-state index < -0.39 is 11.7 Å². The van der Waals surface area contributed by atoms with Crippen LogP contribution in [0.5, 0.6) is 0 Å². The van der Waals surface area contributed by atoms with Crippen molar-refractivity contribution >= 4 is 27.7 Å². The molecule has 7 heteroatoms. The Balaban J connectivity index is 2.03. The molecule has 1 atom stereocenters. The molecule has 0 aliphatic heterocycles. The zero-order valence-electron chi connectivity index (χ0n) is 14.0. The third-order valence-electron chi connectivity index (χ3n) is 3.70. The van der Waals surface area contributed by atoms with Gasteiger partial charge in [0.15, 0.2) is 5.82 Å². The average molecular weight is 408 g/mol. The van der Waals surface area contributed by atoms with Gasteiger partial charge in [-0.1, -0.05) is 19.1 Å². The number of nitrogens with zero attached hydrogens (tertiary/aromatic N) is 1. The predicted octanol–water partition coefficient (Wildman–Crippen LogP) is 3.44. The number of amides is 2. The average Bonchev–Trinajstić information content (AvgIpc) is 2.61. The Hall–Kier alpha value is -2.28. The van der Waals surface area contributed by atoms with E-state index in [0.29, 0.717) is 10.2 Å². The molecule has 25 heavy (non-hydrogen) atoms. The van der Waals surface area contributed by atoms with Crippen molar-refractivity contribution in [1.29, 1.82) is 0 Å². The molecule has 0 saturated carbocycles. The second-order valence-corrected chi connectivity index (χ2v) is 6.47. The standard InChI is InChI=1S/C18H19BrFN3O2/c1-3-11(2)23-17(24)13-6-4-5-12(7-13)9-22-18(25)14-8-16(19)21-10-15(14)20/h4-8,10-11H,3,9H2,1-2H3,(H,22,25)(H,23,24). The Bertz CT molecular complexity index is 783. The van der Waals surface area contributed by atoms with E-state index in [1.54, 1.807) is 24.3 Å². The summed E-state index contributed by atoms with van der Waals surface area (Å²) in [7, 11) is 0. The van der Waals surface area contributed by atoms with E-state index in [1.807, 2.05) is 13.8 Å². The molecule has 1 unspecified atom stereocenters. The predicted molar refractivity (Wildman–Crippen MR) is 96.7 cm³/mol. The van der Waals surface area contributed by atoms with Gasteiger partial charge < -0.3 is 10.6 Å². The van der Waals surface area contributed by atoms with Crippen LogP contribution in [0.15, 0.2) is 41.1 Å². The number of carbonyl (C=O) groups is 2. The third-order valence-corrected chi connectivity index (χ3v) is 4.13. The number of carbonyl (C=O) groups excluding carboxylic acids is 2. The lowest BCUT2D eigenvalue weighted by Gasteiger charge is -2.12. The van der Waals surface area contributed by atoms with Crippen LogP contribution in [-0.4, -0.2) is 22.8 Å². The number of aromatic nitrogens is 1. The van der Waals surface area contributed by atoms with Gasteiger partial charge in [0, 0.05) is 18.2 Å². The van der Waals surface area contributed by atoms with Crippen LogP contribution in [0.2, 0.25) is 0 Å². The topological polar surface area (TPSA) is 71.1 Å². The van der Waals surface area contributed by atoms with E-state index in [4.69, 9.17) is 0 Å². The second-order valence-electron chi connectivity index (χ2n) is 5.65. The normalized spacial score (nSPS) is 11.7. The van der Waals surface area contributed by atoms with Gasteiger partial charge in [0.1, 0.15) is 4.60 Å². The van der Waals surface area contributed by atoms with Gasteiger partial charge in [0.2, 0.25) is 0 Å². The number of pyridine rings is 1. The van der Waals surface area contributed by atoms with Crippen LogP contribution in [0, 0.1) is 5.82 Å². The summed E-state index contributed by atoms with van der Waals surface area (Å²) in [5.74, 6) is -1.40. The van der Waals surface area contributed by atoms with Crippen LogP contribution in [0.3, 0.4) is 0 Å². The molecule has 132 valence electrons. The highest BCUT2D eigenvalue weighted by Gasteiger charge is 2.13. The largest absolute Gasteiger partial charge is 0.350 e. The summed E-state index contributed by atoms with van der Waals surface area (Å²) in [4.78, 5) is 28.0. The first-order valence-corrected chi connectivity index (χ1v) is 8.69. The fraction of sp³-hybridized carbons (Fsp3) is 0.278. The van der Waals surface area contributed by atoms with Gasteiger partial charge in [-0.3, -0.25) is 9.59 Å². The van der Waals surface area contributed by atoms with Gasteiger partial charge in [-0.2, -0.15) is 0 Å². The number of rotatable bonds is 6. The molecule has 0 aliphatic rings. The summed E-state index contributed by atoms with van der Waals surface area (Å²) in [6.07, 6.45) is 1.83. The molecule has 0 spiro atoms. The Morgan fingerprint density at radius 2 is 2.04 bits per heavy atom. The first-order valence-electron chi connectivity index (χ1n) is 7.89. The molecule has 1 aromatic carbocycles. The van der Waals surface area contributed by atoms with Gasteiger partial charge >= 0.3 is 0 Å². The highest BCUT2D eigenvalue weighted by atomic mass is 79.9. The van der Waals surface area contributed by atoms with E-state index >= 15 is 0 Å². The molecule has 1 heterocycles. The van der Waals surface area contributed by atoms with Crippen LogP contribution in [0.1, 0.15) is 46.5 Å². The monoisotopic (exact) mass is 407 g/mol. The molecule has 2 amide bonds. The summed E-state index contributed by atoms with van der Waals surface area (Å²) in [5.41, 5.74) is 1.18. The van der Waals surface area contributed by atoms with Crippen LogP contribution in [0.4, 0.5) is 4.39 Å². The quantitative estimate of drug-likeness (QED) is 0.720. The van der Waals surface area contributed by atoms with E-state index in [2.05, 4.69) is 31.5 Å². The lowest BCUT2D eigenvalue weighted by Crippen LogP contribution is -2.32. The fourth-order valence-electron chi connectivity index (χ4n) is 2.10. The highest BCUT2D eigenvalue weighted by molar-refractivity contribution is 9.10. The van der Waals surface area contributed by atoms with Crippen LogP contribution < -0.4 is 10.6 Å². The first-order chi connectivity index (χ1) is 11.9. The molecular formula is C18H19BrFN3O2. The molecule has 2 rings (SSSR count). The molecule has 2 aromatic rings. The number of benzene rings is 1. The smallest absolute Gasteiger partial charge is 0.254 e. The van der Waals surface area contributed by atoms with E-state index in [1.165, 1.54) is 6.07 Å². The molecule has 0 radical (unpaired) electrons. The minimum absolute atomic E-state index is 0.0870. The molecule has 0 fully saturated rings. The summed E-state index contributed by atoms with van der Waals surface area (Å²) in [6.45, 7) is 4.11. The van der Waals surface area contributed by atoms with Crippen LogP contribution >= 0.6 is 15.9 Å².